The third-order valence-corrected chi connectivity index (χ3v) is 6.00. The maximum Gasteiger partial charge on any atom is 0.279 e. The van der Waals surface area contributed by atoms with Crippen LogP contribution >= 0.6 is 0 Å². The van der Waals surface area contributed by atoms with Crippen molar-refractivity contribution in [1.82, 2.24) is 5.32 Å². The molecule has 1 aliphatic rings. The van der Waals surface area contributed by atoms with Crippen molar-refractivity contribution in [2.75, 3.05) is 44.6 Å². The van der Waals surface area contributed by atoms with Crippen molar-refractivity contribution in [3.05, 3.63) is 65.0 Å². The van der Waals surface area contributed by atoms with Gasteiger partial charge in [0, 0.05) is 5.69 Å². The van der Waals surface area contributed by atoms with E-state index in [1.807, 2.05) is 6.92 Å². The second kappa shape index (κ2) is 10.5. The Hall–Kier alpha value is -2.77. The monoisotopic (exact) mass is 428 g/mol. The largest absolute Gasteiger partial charge is 0.345 e. The Kier molecular flexibility index (Phi) is 7.76. The van der Waals surface area contributed by atoms with E-state index in [1.54, 1.807) is 12.1 Å². The average Bonchev–Trinajstić information content (AvgIpc) is 2.71. The molecule has 1 aliphatic heterocycles. The van der Waals surface area contributed by atoms with Gasteiger partial charge in [-0.1, -0.05) is 24.3 Å². The van der Waals surface area contributed by atoms with Crippen LogP contribution in [0.15, 0.2) is 42.5 Å². The highest BCUT2D eigenvalue weighted by atomic mass is 19.1. The highest BCUT2D eigenvalue weighted by Crippen LogP contribution is 2.16. The number of amides is 2. The number of quaternary nitrogens is 2. The van der Waals surface area contributed by atoms with Gasteiger partial charge in [0.15, 0.2) is 13.1 Å². The molecule has 1 atom stereocenters. The summed E-state index contributed by atoms with van der Waals surface area (Å²) in [5.41, 5.74) is 4.06. The first kappa shape index (κ1) is 22.9. The summed E-state index contributed by atoms with van der Waals surface area (Å²) in [6.07, 6.45) is 0. The van der Waals surface area contributed by atoms with E-state index in [-0.39, 0.29) is 23.7 Å². The summed E-state index contributed by atoms with van der Waals surface area (Å²) in [5, 5.41) is 5.85. The van der Waals surface area contributed by atoms with Gasteiger partial charge in [0.05, 0.1) is 6.04 Å². The van der Waals surface area contributed by atoms with Gasteiger partial charge in [0.1, 0.15) is 32.0 Å². The first-order chi connectivity index (χ1) is 14.8. The number of piperazine rings is 1. The molecule has 2 aromatic carbocycles. The lowest BCUT2D eigenvalue weighted by atomic mass is 10.0. The van der Waals surface area contributed by atoms with Crippen molar-refractivity contribution < 1.29 is 23.8 Å². The number of nitrogens with one attached hydrogen (secondary N) is 4. The second-order valence-electron chi connectivity index (χ2n) is 8.54. The van der Waals surface area contributed by atoms with Gasteiger partial charge in [-0.2, -0.15) is 0 Å². The van der Waals surface area contributed by atoms with Crippen molar-refractivity contribution in [2.45, 2.75) is 26.8 Å². The van der Waals surface area contributed by atoms with E-state index in [0.717, 1.165) is 31.7 Å². The van der Waals surface area contributed by atoms with E-state index < -0.39 is 0 Å². The number of carbonyl (C=O) groups excluding carboxylic acids is 2. The summed E-state index contributed by atoms with van der Waals surface area (Å²) >= 11 is 0. The number of hydrogen-bond acceptors (Lipinski definition) is 2. The van der Waals surface area contributed by atoms with Crippen LogP contribution in [0.25, 0.3) is 0 Å². The minimum atomic E-state index is -0.368. The van der Waals surface area contributed by atoms with Crippen molar-refractivity contribution >= 4 is 17.5 Å². The third-order valence-electron chi connectivity index (χ3n) is 6.00. The lowest BCUT2D eigenvalue weighted by molar-refractivity contribution is -1.00. The van der Waals surface area contributed by atoms with E-state index in [1.165, 1.54) is 33.1 Å². The fraction of sp³-hybridized carbons (Fsp3) is 0.417. The Balaban J connectivity index is 1.39. The zero-order valence-corrected chi connectivity index (χ0v) is 18.6. The minimum Gasteiger partial charge on any atom is -0.345 e. The zero-order chi connectivity index (χ0) is 22.4. The zero-order valence-electron chi connectivity index (χ0n) is 18.6. The second-order valence-corrected chi connectivity index (χ2v) is 8.54. The number of halogens is 1. The van der Waals surface area contributed by atoms with Crippen LogP contribution in [-0.4, -0.2) is 51.1 Å². The predicted molar refractivity (Wildman–Crippen MR) is 119 cm³/mol. The Bertz CT molecular complexity index is 926. The Morgan fingerprint density at radius 2 is 1.58 bits per heavy atom. The van der Waals surface area contributed by atoms with Crippen molar-refractivity contribution in [1.29, 1.82) is 0 Å². The normalized spacial score (nSPS) is 19.5. The number of anilines is 1. The number of aryl methyl sites for hydroxylation is 2. The van der Waals surface area contributed by atoms with Gasteiger partial charge < -0.3 is 20.4 Å². The molecule has 1 fully saturated rings. The lowest BCUT2D eigenvalue weighted by Crippen LogP contribution is -3.28. The molecule has 4 N–H and O–H groups in total. The van der Waals surface area contributed by atoms with Crippen molar-refractivity contribution in [2.24, 2.45) is 0 Å². The molecular weight excluding hydrogens is 395 g/mol. The molecule has 0 aromatic heterocycles. The fourth-order valence-electron chi connectivity index (χ4n) is 3.95. The molecule has 6 nitrogen and oxygen atoms in total. The van der Waals surface area contributed by atoms with Crippen LogP contribution in [0, 0.1) is 19.7 Å². The molecule has 2 aromatic rings. The van der Waals surface area contributed by atoms with Crippen LogP contribution in [0.5, 0.6) is 0 Å². The van der Waals surface area contributed by atoms with Gasteiger partial charge in [-0.25, -0.2) is 4.39 Å². The molecule has 2 amide bonds. The number of benzene rings is 2. The molecule has 31 heavy (non-hydrogen) atoms. The average molecular weight is 429 g/mol. The van der Waals surface area contributed by atoms with Crippen LogP contribution in [0.2, 0.25) is 0 Å². The Morgan fingerprint density at radius 1 is 0.935 bits per heavy atom. The first-order valence-electron chi connectivity index (χ1n) is 10.9. The molecule has 1 heterocycles. The standard InChI is InChI=1S/C24H31FN4O2/c1-17-7-8-20(13-18(17)2)19(3)26-23(30)15-28-9-11-29(12-10-28)16-24(31)27-22-6-4-5-21(25)14-22/h4-8,13-14,19H,9-12,15-16H2,1-3H3,(H,26,30)(H,27,31)/p+2/t19-/m0/s1. The lowest BCUT2D eigenvalue weighted by Gasteiger charge is -2.29. The van der Waals surface area contributed by atoms with Crippen LogP contribution in [0.4, 0.5) is 10.1 Å². The van der Waals surface area contributed by atoms with Gasteiger partial charge in [-0.15, -0.1) is 0 Å². The molecule has 0 spiro atoms. The summed E-state index contributed by atoms with van der Waals surface area (Å²) in [6, 6.07) is 12.2. The minimum absolute atomic E-state index is 0.0235. The Labute approximate surface area is 183 Å². The van der Waals surface area contributed by atoms with Crippen molar-refractivity contribution in [3.8, 4) is 0 Å². The molecule has 0 unspecified atom stereocenters. The molecule has 0 aliphatic carbocycles. The van der Waals surface area contributed by atoms with Crippen LogP contribution < -0.4 is 20.4 Å². The quantitative estimate of drug-likeness (QED) is 0.503. The number of hydrogen-bond donors (Lipinski definition) is 4. The Morgan fingerprint density at radius 3 is 2.19 bits per heavy atom. The highest BCUT2D eigenvalue weighted by molar-refractivity contribution is 5.91. The maximum absolute atomic E-state index is 13.2. The molecule has 0 radical (unpaired) electrons. The molecule has 166 valence electrons. The SMILES string of the molecule is Cc1ccc([C@H](C)NC(=O)C[NH+]2CC[NH+](CC(=O)Nc3cccc(F)c3)CC2)cc1C. The van der Waals surface area contributed by atoms with Gasteiger partial charge in [0.2, 0.25) is 0 Å². The van der Waals surface area contributed by atoms with E-state index in [9.17, 15) is 14.0 Å². The van der Waals surface area contributed by atoms with Gasteiger partial charge in [0.25, 0.3) is 11.8 Å². The molecular formula is C24H33FN4O2+2. The highest BCUT2D eigenvalue weighted by Gasteiger charge is 2.26. The number of rotatable bonds is 7. The fourth-order valence-corrected chi connectivity index (χ4v) is 3.95. The van der Waals surface area contributed by atoms with Crippen LogP contribution in [0.1, 0.15) is 29.7 Å². The summed E-state index contributed by atoms with van der Waals surface area (Å²) in [7, 11) is 0. The van der Waals surface area contributed by atoms with E-state index in [2.05, 4.69) is 42.7 Å². The summed E-state index contributed by atoms with van der Waals surface area (Å²) in [6.45, 7) is 10.3. The molecule has 3 rings (SSSR count). The first-order valence-corrected chi connectivity index (χ1v) is 10.9. The van der Waals surface area contributed by atoms with E-state index in [4.69, 9.17) is 0 Å². The summed E-state index contributed by atoms with van der Waals surface area (Å²) in [4.78, 5) is 27.1. The molecule has 0 saturated carbocycles. The molecule has 7 heteroatoms. The topological polar surface area (TPSA) is 67.1 Å². The predicted octanol–water partition coefficient (Wildman–Crippen LogP) is 0.0418. The van der Waals surface area contributed by atoms with E-state index in [0.29, 0.717) is 18.8 Å². The van der Waals surface area contributed by atoms with E-state index >= 15 is 0 Å². The maximum atomic E-state index is 13.2. The van der Waals surface area contributed by atoms with Gasteiger partial charge in [-0.05, 0) is 55.7 Å². The van der Waals surface area contributed by atoms with Crippen molar-refractivity contribution in [3.63, 3.8) is 0 Å². The van der Waals surface area contributed by atoms with Gasteiger partial charge >= 0.3 is 0 Å². The van der Waals surface area contributed by atoms with Crippen LogP contribution in [0.3, 0.4) is 0 Å². The molecule has 1 saturated heterocycles. The smallest absolute Gasteiger partial charge is 0.279 e. The summed E-state index contributed by atoms with van der Waals surface area (Å²) in [5.74, 6) is -0.440. The van der Waals surface area contributed by atoms with Crippen LogP contribution in [-0.2, 0) is 9.59 Å². The summed E-state index contributed by atoms with van der Waals surface area (Å²) < 4.78 is 13.2. The van der Waals surface area contributed by atoms with Gasteiger partial charge in [-0.3, -0.25) is 9.59 Å². The third kappa shape index (κ3) is 6.87. The molecule has 0 bridgehead atoms. The number of carbonyl (C=O) groups is 2.